The number of unbranched alkanes of at least 4 members (excludes halogenated alkanes) is 1. The third-order valence-electron chi connectivity index (χ3n) is 13.6. The van der Waals surface area contributed by atoms with Gasteiger partial charge in [0.1, 0.15) is 0 Å². The van der Waals surface area contributed by atoms with Crippen molar-refractivity contribution in [1.29, 1.82) is 0 Å². The highest BCUT2D eigenvalue weighted by atomic mass is 16.5. The van der Waals surface area contributed by atoms with E-state index in [2.05, 4.69) is 192 Å². The van der Waals surface area contributed by atoms with E-state index in [0.717, 1.165) is 143 Å². The SMILES string of the molecule is CC(C)OC1CCCC1.CCC(C)C.CCC(C)OC.CCCC(C)OC.CCCC(C)OCC.CCCCOCC.CCCOC(C)C.CCCOC(C)CC.CCCOC(C)CCC.CCCOCC.CCOC.CCOC(C)(C)C.CCOC(C)C.CCOC(C)CC.CCOCC.COC(C)C. The van der Waals surface area contributed by atoms with Crippen molar-refractivity contribution in [2.45, 2.75) is 478 Å². The van der Waals surface area contributed by atoms with Crippen LogP contribution in [0.5, 0.6) is 0 Å². The van der Waals surface area contributed by atoms with Gasteiger partial charge in [0.05, 0.1) is 72.7 Å². The van der Waals surface area contributed by atoms with Gasteiger partial charge in [0.2, 0.25) is 0 Å². The van der Waals surface area contributed by atoms with Gasteiger partial charge in [0.15, 0.2) is 0 Å². The summed E-state index contributed by atoms with van der Waals surface area (Å²) >= 11 is 0. The predicted octanol–water partition coefficient (Wildman–Crippen LogP) is 27.6. The van der Waals surface area contributed by atoms with Crippen molar-refractivity contribution in [1.82, 2.24) is 0 Å². The predicted molar refractivity (Wildman–Crippen MR) is 475 cm³/mol. The van der Waals surface area contributed by atoms with E-state index in [1.165, 1.54) is 83.5 Å². The van der Waals surface area contributed by atoms with E-state index < -0.39 is 0 Å². The summed E-state index contributed by atoms with van der Waals surface area (Å²) in [7, 11) is 6.86. The lowest BCUT2D eigenvalue weighted by Crippen LogP contribution is -2.18. The number of hydrogen-bond donors (Lipinski definition) is 0. The van der Waals surface area contributed by atoms with Gasteiger partial charge in [0.25, 0.3) is 0 Å². The molecule has 0 aliphatic heterocycles. The Hall–Kier alpha value is -0.600. The second-order valence-corrected chi connectivity index (χ2v) is 27.8. The van der Waals surface area contributed by atoms with Crippen molar-refractivity contribution < 1.29 is 71.1 Å². The summed E-state index contributed by atoms with van der Waals surface area (Å²) in [5.74, 6) is 0.884. The normalized spacial score (nSPS) is 12.5. The molecule has 0 heterocycles. The minimum Gasteiger partial charge on any atom is -0.385 e. The van der Waals surface area contributed by atoms with Crippen molar-refractivity contribution in [3.63, 3.8) is 0 Å². The van der Waals surface area contributed by atoms with Crippen molar-refractivity contribution in [3.8, 4) is 0 Å². The summed E-state index contributed by atoms with van der Waals surface area (Å²) in [5, 5.41) is 0. The Bertz CT molecular complexity index is 1180. The Morgan fingerprint density at radius 1 is 0.283 bits per heavy atom. The Balaban J connectivity index is -0.0000000644. The average molecular weight is 1550 g/mol. The van der Waals surface area contributed by atoms with Gasteiger partial charge in [-0.1, -0.05) is 142 Å². The molecule has 1 saturated carbocycles. The Morgan fingerprint density at radius 3 is 0.783 bits per heavy atom. The molecule has 106 heavy (non-hydrogen) atoms. The third-order valence-corrected chi connectivity index (χ3v) is 13.6. The number of rotatable bonds is 41. The molecule has 6 atom stereocenters. The first-order chi connectivity index (χ1) is 49.9. The molecule has 0 aromatic rings. The molecule has 1 fully saturated rings. The largest absolute Gasteiger partial charge is 0.385 e. The number of hydrogen-bond acceptors (Lipinski definition) is 15. The van der Waals surface area contributed by atoms with Crippen LogP contribution in [0.15, 0.2) is 0 Å². The van der Waals surface area contributed by atoms with Crippen molar-refractivity contribution >= 4 is 0 Å². The molecule has 0 spiro atoms. The molecule has 0 amide bonds. The fraction of sp³-hybridized carbons (Fsp3) is 1.00. The smallest absolute Gasteiger partial charge is 0.0598 e. The molecule has 1 rings (SSSR count). The minimum absolute atomic E-state index is 0.0503. The lowest BCUT2D eigenvalue weighted by Gasteiger charge is -2.17. The van der Waals surface area contributed by atoms with Crippen LogP contribution in [0.3, 0.4) is 0 Å². The van der Waals surface area contributed by atoms with Crippen LogP contribution in [0.25, 0.3) is 0 Å². The monoisotopic (exact) mass is 1550 g/mol. The lowest BCUT2D eigenvalue weighted by molar-refractivity contribution is 0.00528. The molecule has 0 radical (unpaired) electrons. The van der Waals surface area contributed by atoms with Gasteiger partial charge in [-0.15, -0.1) is 0 Å². The topological polar surface area (TPSA) is 138 Å². The molecule has 15 nitrogen and oxygen atoms in total. The van der Waals surface area contributed by atoms with Gasteiger partial charge in [-0.05, 0) is 269 Å². The molecular weight excluding hydrogens is 1330 g/mol. The maximum atomic E-state index is 5.61. The first-order valence-corrected chi connectivity index (χ1v) is 43.7. The molecule has 15 heteroatoms. The van der Waals surface area contributed by atoms with Crippen LogP contribution >= 0.6 is 0 Å². The minimum atomic E-state index is 0.0503. The average Bonchev–Trinajstić information content (AvgIpc) is 1.91. The molecule has 0 saturated heterocycles. The fourth-order valence-electron chi connectivity index (χ4n) is 6.53. The maximum Gasteiger partial charge on any atom is 0.0598 e. The summed E-state index contributed by atoms with van der Waals surface area (Å²) in [5.41, 5.74) is 0.0503. The summed E-state index contributed by atoms with van der Waals surface area (Å²) in [6.07, 6.45) is 29.1. The van der Waals surface area contributed by atoms with Gasteiger partial charge < -0.3 is 71.1 Å². The second-order valence-electron chi connectivity index (χ2n) is 27.8. The highest BCUT2D eigenvalue weighted by Crippen LogP contribution is 2.22. The van der Waals surface area contributed by atoms with Gasteiger partial charge >= 0.3 is 0 Å². The summed E-state index contributed by atoms with van der Waals surface area (Å²) < 4.78 is 76.4. The van der Waals surface area contributed by atoms with Crippen LogP contribution in [-0.2, 0) is 71.1 Å². The van der Waals surface area contributed by atoms with Gasteiger partial charge in [0, 0.05) is 121 Å². The van der Waals surface area contributed by atoms with Crippen molar-refractivity contribution in [3.05, 3.63) is 0 Å². The van der Waals surface area contributed by atoms with E-state index in [1.807, 2.05) is 90.0 Å². The van der Waals surface area contributed by atoms with Crippen LogP contribution in [0, 0.1) is 5.92 Å². The van der Waals surface area contributed by atoms with Crippen molar-refractivity contribution in [2.75, 3.05) is 121 Å². The Kier molecular flexibility index (Phi) is 181. The molecule has 6 unspecified atom stereocenters. The fourth-order valence-corrected chi connectivity index (χ4v) is 6.53. The maximum absolute atomic E-state index is 5.61. The van der Waals surface area contributed by atoms with Crippen LogP contribution in [-0.4, -0.2) is 194 Å². The van der Waals surface area contributed by atoms with Gasteiger partial charge in [-0.2, -0.15) is 0 Å². The molecule has 0 bridgehead atoms. The second kappa shape index (κ2) is 137. The van der Waals surface area contributed by atoms with Crippen LogP contribution in [0.4, 0.5) is 0 Å². The lowest BCUT2D eigenvalue weighted by atomic mass is 10.2. The zero-order chi connectivity index (χ0) is 86.1. The van der Waals surface area contributed by atoms with E-state index in [4.69, 9.17) is 66.3 Å². The molecule has 0 aromatic heterocycles. The Labute approximate surface area is 672 Å². The van der Waals surface area contributed by atoms with E-state index in [-0.39, 0.29) is 5.60 Å². The number of ether oxygens (including phenoxy) is 15. The first-order valence-electron chi connectivity index (χ1n) is 43.7. The highest BCUT2D eigenvalue weighted by Gasteiger charge is 2.16. The molecular formula is C91H212O15. The van der Waals surface area contributed by atoms with E-state index in [0.29, 0.717) is 67.1 Å². The quantitative estimate of drug-likeness (QED) is 0.0536. The standard InChI is InChI=1S/C8H16O.C8H18O.2C7H16O.5C6H14O.3C5H12O.C5H12.2C4H10O.C3H8O/c1-7(2)9-8-5-3-4-6-8;1-4-6-8(3)9-7-5-2;1-4-6-7(3)8-5-2;1-4-6-8-7(3)5-2;1-5-7-6(2,3)4;1-4-5-6(2)7-3;1-4-5-7-6(2)3;1-4-6(3)7-5-2;1-3-5-6-7-4-2;1-4-5(2)6-3;1-4-6-5(2)3;1-3-5-6-4-2;1-4-5(2)3;1-4(2)5-3;1-3-5-4-2;1-3-4-2/h7-8H,3-6H2,1-2H3;8H,4-7H2,1-3H3;2*7H,4-6H2,1-3H3;5H2,1-4H3;3*6H,4-5H2,1-3H3;3-6H2,1-2H3;2*5H,4H2,1-3H3;3-5H2,1-2H3;5H,4H2,1-3H3;4H,1-3H3;3-4H2,1-2H3;3H2,1-2H3. The van der Waals surface area contributed by atoms with Gasteiger partial charge in [-0.3, -0.25) is 0 Å². The molecule has 1 aliphatic rings. The molecule has 0 aromatic carbocycles. The summed E-state index contributed by atoms with van der Waals surface area (Å²) in [6, 6.07) is 0. The molecule has 666 valence electrons. The molecule has 0 N–H and O–H groups in total. The van der Waals surface area contributed by atoms with Crippen LogP contribution in [0.1, 0.15) is 405 Å². The van der Waals surface area contributed by atoms with Crippen LogP contribution < -0.4 is 0 Å². The summed E-state index contributed by atoms with van der Waals surface area (Å²) in [6.45, 7) is 95.5. The zero-order valence-electron chi connectivity index (χ0n) is 81.6. The third kappa shape index (κ3) is 232. The highest BCUT2D eigenvalue weighted by molar-refractivity contribution is 4.67. The first kappa shape index (κ1) is 141. The zero-order valence-corrected chi connectivity index (χ0v) is 81.6. The summed E-state index contributed by atoms with van der Waals surface area (Å²) in [4.78, 5) is 0. The molecule has 1 aliphatic carbocycles. The van der Waals surface area contributed by atoms with Crippen LogP contribution in [0.2, 0.25) is 0 Å². The van der Waals surface area contributed by atoms with E-state index >= 15 is 0 Å². The Morgan fingerprint density at radius 2 is 0.604 bits per heavy atom. The van der Waals surface area contributed by atoms with E-state index in [1.54, 1.807) is 28.4 Å². The van der Waals surface area contributed by atoms with Crippen molar-refractivity contribution in [2.24, 2.45) is 5.92 Å². The number of methoxy groups -OCH3 is 4. The van der Waals surface area contributed by atoms with Gasteiger partial charge in [-0.25, -0.2) is 0 Å². The van der Waals surface area contributed by atoms with E-state index in [9.17, 15) is 0 Å².